The van der Waals surface area contributed by atoms with Gasteiger partial charge in [-0.15, -0.1) is 12.4 Å². The summed E-state index contributed by atoms with van der Waals surface area (Å²) >= 11 is 0. The highest BCUT2D eigenvalue weighted by Gasteiger charge is 2.08. The number of halogens is 1. The first kappa shape index (κ1) is 19.9. The van der Waals surface area contributed by atoms with Gasteiger partial charge in [-0.2, -0.15) is 0 Å². The number of likely N-dealkylation sites (N-methyl/N-ethyl adjacent to an activating group) is 1. The lowest BCUT2D eigenvalue weighted by Gasteiger charge is -2.18. The van der Waals surface area contributed by atoms with Gasteiger partial charge in [-0.3, -0.25) is 9.69 Å². The van der Waals surface area contributed by atoms with E-state index in [1.807, 2.05) is 0 Å². The fourth-order valence-corrected chi connectivity index (χ4v) is 2.14. The smallest absolute Gasteiger partial charge is 0.234 e. The van der Waals surface area contributed by atoms with E-state index in [9.17, 15) is 4.79 Å². The molecule has 0 atom stereocenters. The number of benzene rings is 1. The highest BCUT2D eigenvalue weighted by molar-refractivity contribution is 5.85. The van der Waals surface area contributed by atoms with E-state index in [4.69, 9.17) is 0 Å². The number of hydrogen-bond acceptors (Lipinski definition) is 2. The molecule has 0 aromatic heterocycles. The lowest BCUT2D eigenvalue weighted by Crippen LogP contribution is -2.36. The average Bonchev–Trinajstić information content (AvgIpc) is 2.43. The second kappa shape index (κ2) is 9.80. The van der Waals surface area contributed by atoms with Gasteiger partial charge in [-0.25, -0.2) is 0 Å². The molecule has 0 radical (unpaired) electrons. The van der Waals surface area contributed by atoms with E-state index >= 15 is 0 Å². The Morgan fingerprint density at radius 1 is 1.24 bits per heavy atom. The number of aryl methyl sites for hydroxylation is 1. The number of carbonyl (C=O) groups is 1. The summed E-state index contributed by atoms with van der Waals surface area (Å²) in [5.41, 5.74) is 3.77. The molecule has 120 valence electrons. The zero-order valence-corrected chi connectivity index (χ0v) is 14.7. The average molecular weight is 313 g/mol. The summed E-state index contributed by atoms with van der Waals surface area (Å²) in [5.74, 6) is 0.615. The minimum Gasteiger partial charge on any atom is -0.351 e. The van der Waals surface area contributed by atoms with Crippen LogP contribution in [0.3, 0.4) is 0 Å². The first-order valence-electron chi connectivity index (χ1n) is 7.56. The maximum Gasteiger partial charge on any atom is 0.234 e. The van der Waals surface area contributed by atoms with Gasteiger partial charge >= 0.3 is 0 Å². The molecule has 1 rings (SSSR count). The van der Waals surface area contributed by atoms with Crippen LogP contribution in [-0.2, 0) is 11.3 Å². The zero-order chi connectivity index (χ0) is 15.1. The van der Waals surface area contributed by atoms with Crippen molar-refractivity contribution in [3.05, 3.63) is 34.9 Å². The lowest BCUT2D eigenvalue weighted by atomic mass is 9.98. The minimum atomic E-state index is 0. The van der Waals surface area contributed by atoms with Crippen LogP contribution in [0.15, 0.2) is 18.2 Å². The molecule has 1 aromatic carbocycles. The molecular formula is C17H29ClN2O. The van der Waals surface area contributed by atoms with Gasteiger partial charge in [0.15, 0.2) is 0 Å². The number of carbonyl (C=O) groups excluding carboxylic acids is 1. The SMILES string of the molecule is CCN(CC)CC(=O)NCc1cc(C(C)C)ccc1C.Cl. The molecule has 0 unspecified atom stereocenters. The van der Waals surface area contributed by atoms with Crippen LogP contribution in [0.4, 0.5) is 0 Å². The van der Waals surface area contributed by atoms with E-state index in [1.165, 1.54) is 16.7 Å². The Morgan fingerprint density at radius 2 is 1.86 bits per heavy atom. The van der Waals surface area contributed by atoms with Gasteiger partial charge in [0.1, 0.15) is 0 Å². The molecule has 0 aliphatic rings. The topological polar surface area (TPSA) is 32.3 Å². The summed E-state index contributed by atoms with van der Waals surface area (Å²) in [4.78, 5) is 14.0. The summed E-state index contributed by atoms with van der Waals surface area (Å²) in [5, 5.41) is 3.02. The van der Waals surface area contributed by atoms with Crippen LogP contribution in [0.2, 0.25) is 0 Å². The maximum atomic E-state index is 11.9. The highest BCUT2D eigenvalue weighted by atomic mass is 35.5. The van der Waals surface area contributed by atoms with Crippen molar-refractivity contribution in [3.8, 4) is 0 Å². The van der Waals surface area contributed by atoms with Crippen molar-refractivity contribution in [1.29, 1.82) is 0 Å². The number of rotatable bonds is 7. The van der Waals surface area contributed by atoms with Crippen molar-refractivity contribution in [2.75, 3.05) is 19.6 Å². The predicted molar refractivity (Wildman–Crippen MR) is 92.2 cm³/mol. The molecule has 3 nitrogen and oxygen atoms in total. The molecule has 21 heavy (non-hydrogen) atoms. The van der Waals surface area contributed by atoms with Crippen molar-refractivity contribution in [2.24, 2.45) is 0 Å². The standard InChI is InChI=1S/C17H28N2O.ClH/c1-6-19(7-2)12-17(20)18-11-16-10-15(13(3)4)9-8-14(16)5;/h8-10,13H,6-7,11-12H2,1-5H3,(H,18,20);1H. The van der Waals surface area contributed by atoms with E-state index in [0.717, 1.165) is 13.1 Å². The van der Waals surface area contributed by atoms with Gasteiger partial charge in [-0.05, 0) is 42.6 Å². The lowest BCUT2D eigenvalue weighted by molar-refractivity contribution is -0.122. The first-order valence-corrected chi connectivity index (χ1v) is 7.56. The third-order valence-electron chi connectivity index (χ3n) is 3.78. The van der Waals surface area contributed by atoms with Gasteiger partial charge in [0.25, 0.3) is 0 Å². The van der Waals surface area contributed by atoms with Gasteiger partial charge in [0.2, 0.25) is 5.91 Å². The zero-order valence-electron chi connectivity index (χ0n) is 13.9. The minimum absolute atomic E-state index is 0. The number of amides is 1. The molecule has 1 N–H and O–H groups in total. The second-order valence-corrected chi connectivity index (χ2v) is 5.58. The number of hydrogen-bond donors (Lipinski definition) is 1. The molecule has 0 bridgehead atoms. The van der Waals surface area contributed by atoms with Crippen LogP contribution in [0.5, 0.6) is 0 Å². The normalized spacial score (nSPS) is 10.6. The Balaban J connectivity index is 0.00000400. The summed E-state index contributed by atoms with van der Waals surface area (Å²) in [7, 11) is 0. The van der Waals surface area contributed by atoms with Crippen molar-refractivity contribution in [2.45, 2.75) is 47.1 Å². The van der Waals surface area contributed by atoms with E-state index in [-0.39, 0.29) is 18.3 Å². The molecule has 4 heteroatoms. The molecule has 0 saturated carbocycles. The van der Waals surface area contributed by atoms with E-state index in [2.05, 4.69) is 63.0 Å². The first-order chi connectivity index (χ1) is 9.47. The van der Waals surface area contributed by atoms with Gasteiger partial charge < -0.3 is 5.32 Å². The monoisotopic (exact) mass is 312 g/mol. The molecule has 0 saturated heterocycles. The molecule has 0 heterocycles. The predicted octanol–water partition coefficient (Wildman–Crippen LogP) is 3.50. The van der Waals surface area contributed by atoms with E-state index in [0.29, 0.717) is 19.0 Å². The van der Waals surface area contributed by atoms with Crippen molar-refractivity contribution in [3.63, 3.8) is 0 Å². The van der Waals surface area contributed by atoms with E-state index in [1.54, 1.807) is 0 Å². The van der Waals surface area contributed by atoms with Crippen LogP contribution >= 0.6 is 12.4 Å². The van der Waals surface area contributed by atoms with Gasteiger partial charge in [-0.1, -0.05) is 45.9 Å². The van der Waals surface area contributed by atoms with Crippen LogP contribution in [0.25, 0.3) is 0 Å². The summed E-state index contributed by atoms with van der Waals surface area (Å²) in [6.07, 6.45) is 0. The number of nitrogens with zero attached hydrogens (tertiary/aromatic N) is 1. The quantitative estimate of drug-likeness (QED) is 0.836. The Kier molecular flexibility index (Phi) is 9.31. The third-order valence-corrected chi connectivity index (χ3v) is 3.78. The summed E-state index contributed by atoms with van der Waals surface area (Å²) in [6.45, 7) is 13.5. The molecule has 0 spiro atoms. The largest absolute Gasteiger partial charge is 0.351 e. The maximum absolute atomic E-state index is 11.9. The van der Waals surface area contributed by atoms with Crippen LogP contribution < -0.4 is 5.32 Å². The fourth-order valence-electron chi connectivity index (χ4n) is 2.14. The Bertz CT molecular complexity index is 442. The molecule has 0 fully saturated rings. The van der Waals surface area contributed by atoms with E-state index < -0.39 is 0 Å². The van der Waals surface area contributed by atoms with Gasteiger partial charge in [0.05, 0.1) is 6.54 Å². The molecule has 0 aliphatic carbocycles. The van der Waals surface area contributed by atoms with Crippen LogP contribution in [0, 0.1) is 6.92 Å². The summed E-state index contributed by atoms with van der Waals surface area (Å²) < 4.78 is 0. The molecule has 1 aromatic rings. The Hall–Kier alpha value is -1.06. The van der Waals surface area contributed by atoms with Crippen LogP contribution in [0.1, 0.15) is 50.3 Å². The Labute approximate surface area is 135 Å². The Morgan fingerprint density at radius 3 is 2.38 bits per heavy atom. The fraction of sp³-hybridized carbons (Fsp3) is 0.588. The number of nitrogens with one attached hydrogen (secondary N) is 1. The van der Waals surface area contributed by atoms with Crippen molar-refractivity contribution < 1.29 is 4.79 Å². The second-order valence-electron chi connectivity index (χ2n) is 5.58. The molecule has 1 amide bonds. The summed E-state index contributed by atoms with van der Waals surface area (Å²) in [6, 6.07) is 6.51. The van der Waals surface area contributed by atoms with Crippen molar-refractivity contribution >= 4 is 18.3 Å². The highest BCUT2D eigenvalue weighted by Crippen LogP contribution is 2.18. The molecule has 0 aliphatic heterocycles. The van der Waals surface area contributed by atoms with Gasteiger partial charge in [0, 0.05) is 6.54 Å². The van der Waals surface area contributed by atoms with Crippen molar-refractivity contribution in [1.82, 2.24) is 10.2 Å². The molecular weight excluding hydrogens is 284 g/mol. The third kappa shape index (κ3) is 6.49. The van der Waals surface area contributed by atoms with Crippen LogP contribution in [-0.4, -0.2) is 30.4 Å².